The zero-order valence-electron chi connectivity index (χ0n) is 13.3. The lowest BCUT2D eigenvalue weighted by molar-refractivity contribution is 0.0893. The van der Waals surface area contributed by atoms with Crippen LogP contribution >= 0.6 is 12.4 Å². The molecular weight excluding hydrogens is 314 g/mol. The van der Waals surface area contributed by atoms with Crippen molar-refractivity contribution in [1.29, 1.82) is 0 Å². The summed E-state index contributed by atoms with van der Waals surface area (Å²) in [5.74, 6) is -0.569. The summed E-state index contributed by atoms with van der Waals surface area (Å²) in [5.41, 5.74) is 1.24. The Labute approximate surface area is 142 Å². The van der Waals surface area contributed by atoms with E-state index in [4.69, 9.17) is 0 Å². The van der Waals surface area contributed by atoms with Crippen LogP contribution in [0.25, 0.3) is 0 Å². The summed E-state index contributed by atoms with van der Waals surface area (Å²) in [7, 11) is 3.82. The standard InChI is InChI=1S/C18H21NO3.ClH/c1-19(2)12-14(10-13-6-4-3-5-7-13)18(22)16-11-15(20)8-9-17(16)21;/h3-9,11,14,20-21H,10,12H2,1-2H3;1H/t14-;/m0./s1. The van der Waals surface area contributed by atoms with Crippen LogP contribution < -0.4 is 0 Å². The number of carbonyl (C=O) groups excluding carboxylic acids is 1. The lowest BCUT2D eigenvalue weighted by Gasteiger charge is -2.20. The molecule has 0 amide bonds. The Morgan fingerprint density at radius 2 is 1.74 bits per heavy atom. The Morgan fingerprint density at radius 3 is 2.35 bits per heavy atom. The summed E-state index contributed by atoms with van der Waals surface area (Å²) >= 11 is 0. The van der Waals surface area contributed by atoms with E-state index in [9.17, 15) is 15.0 Å². The molecule has 2 aromatic carbocycles. The predicted molar refractivity (Wildman–Crippen MR) is 93.5 cm³/mol. The molecular formula is C18H22ClNO3. The highest BCUT2D eigenvalue weighted by Gasteiger charge is 2.24. The minimum absolute atomic E-state index is 0. The van der Waals surface area contributed by atoms with Crippen molar-refractivity contribution in [2.45, 2.75) is 6.42 Å². The quantitative estimate of drug-likeness (QED) is 0.629. The van der Waals surface area contributed by atoms with Crippen LogP contribution in [0.4, 0.5) is 0 Å². The second-order valence-corrected chi connectivity index (χ2v) is 5.71. The first kappa shape index (κ1) is 19.0. The van der Waals surface area contributed by atoms with Gasteiger partial charge in [0.05, 0.1) is 5.56 Å². The smallest absolute Gasteiger partial charge is 0.171 e. The number of nitrogens with zero attached hydrogens (tertiary/aromatic N) is 1. The van der Waals surface area contributed by atoms with Crippen molar-refractivity contribution in [1.82, 2.24) is 4.90 Å². The van der Waals surface area contributed by atoms with E-state index in [0.29, 0.717) is 13.0 Å². The molecule has 2 rings (SSSR count). The lowest BCUT2D eigenvalue weighted by atomic mass is 9.90. The number of halogens is 1. The molecule has 0 heterocycles. The van der Waals surface area contributed by atoms with E-state index >= 15 is 0 Å². The van der Waals surface area contributed by atoms with Crippen LogP contribution in [0.1, 0.15) is 15.9 Å². The van der Waals surface area contributed by atoms with Gasteiger partial charge in [-0.15, -0.1) is 12.4 Å². The second-order valence-electron chi connectivity index (χ2n) is 5.71. The minimum Gasteiger partial charge on any atom is -0.508 e. The molecule has 0 unspecified atom stereocenters. The van der Waals surface area contributed by atoms with Gasteiger partial charge in [0.1, 0.15) is 11.5 Å². The van der Waals surface area contributed by atoms with Crippen LogP contribution in [0.3, 0.4) is 0 Å². The van der Waals surface area contributed by atoms with Crippen molar-refractivity contribution >= 4 is 18.2 Å². The highest BCUT2D eigenvalue weighted by atomic mass is 35.5. The average Bonchev–Trinajstić information content (AvgIpc) is 2.49. The topological polar surface area (TPSA) is 60.8 Å². The van der Waals surface area contributed by atoms with E-state index in [1.165, 1.54) is 18.2 Å². The highest BCUT2D eigenvalue weighted by Crippen LogP contribution is 2.26. The van der Waals surface area contributed by atoms with Crippen molar-refractivity contribution in [3.8, 4) is 11.5 Å². The summed E-state index contributed by atoms with van der Waals surface area (Å²) < 4.78 is 0. The molecule has 1 atom stereocenters. The number of ketones is 1. The number of hydrogen-bond donors (Lipinski definition) is 2. The molecule has 0 saturated carbocycles. The van der Waals surface area contributed by atoms with Gasteiger partial charge in [-0.2, -0.15) is 0 Å². The molecule has 0 spiro atoms. The van der Waals surface area contributed by atoms with Crippen molar-refractivity contribution in [3.05, 3.63) is 59.7 Å². The Bertz CT molecular complexity index is 644. The van der Waals surface area contributed by atoms with Crippen molar-refractivity contribution in [3.63, 3.8) is 0 Å². The predicted octanol–water partition coefficient (Wildman–Crippen LogP) is 3.12. The van der Waals surface area contributed by atoms with Gasteiger partial charge in [-0.3, -0.25) is 4.79 Å². The van der Waals surface area contributed by atoms with E-state index in [0.717, 1.165) is 5.56 Å². The molecule has 23 heavy (non-hydrogen) atoms. The first-order chi connectivity index (χ1) is 10.5. The number of phenols is 2. The summed E-state index contributed by atoms with van der Waals surface area (Å²) in [6.45, 7) is 0.572. The van der Waals surface area contributed by atoms with Gasteiger partial charge in [0.2, 0.25) is 0 Å². The fourth-order valence-corrected chi connectivity index (χ4v) is 2.52. The summed E-state index contributed by atoms with van der Waals surface area (Å²) in [6.07, 6.45) is 0.590. The number of Topliss-reactive ketones (excluding diaryl/α,β-unsaturated/α-hetero) is 1. The van der Waals surface area contributed by atoms with Gasteiger partial charge in [-0.05, 0) is 44.3 Å². The van der Waals surface area contributed by atoms with E-state index in [1.54, 1.807) is 0 Å². The van der Waals surface area contributed by atoms with Crippen LogP contribution in [-0.4, -0.2) is 41.5 Å². The maximum Gasteiger partial charge on any atom is 0.171 e. The Kier molecular flexibility index (Phi) is 7.07. The SMILES string of the molecule is CN(C)C[C@H](Cc1ccccc1)C(=O)c1cc(O)ccc1O.Cl. The van der Waals surface area contributed by atoms with E-state index in [2.05, 4.69) is 0 Å². The van der Waals surface area contributed by atoms with Crippen molar-refractivity contribution in [2.24, 2.45) is 5.92 Å². The van der Waals surface area contributed by atoms with E-state index in [1.807, 2.05) is 49.3 Å². The molecule has 0 saturated heterocycles. The Balaban J connectivity index is 0.00000264. The molecule has 2 N–H and O–H groups in total. The highest BCUT2D eigenvalue weighted by molar-refractivity contribution is 6.00. The van der Waals surface area contributed by atoms with Gasteiger partial charge in [-0.1, -0.05) is 30.3 Å². The van der Waals surface area contributed by atoms with Crippen molar-refractivity contribution in [2.75, 3.05) is 20.6 Å². The number of rotatable bonds is 6. The molecule has 124 valence electrons. The van der Waals surface area contributed by atoms with Crippen LogP contribution in [0.5, 0.6) is 11.5 Å². The average molecular weight is 336 g/mol. The molecule has 0 radical (unpaired) electrons. The first-order valence-corrected chi connectivity index (χ1v) is 7.22. The summed E-state index contributed by atoms with van der Waals surface area (Å²) in [4.78, 5) is 14.7. The van der Waals surface area contributed by atoms with E-state index < -0.39 is 0 Å². The minimum atomic E-state index is -0.287. The normalized spacial score (nSPS) is 11.8. The van der Waals surface area contributed by atoms with Crippen LogP contribution in [0.2, 0.25) is 0 Å². The molecule has 0 aliphatic rings. The molecule has 0 fully saturated rings. The van der Waals surface area contributed by atoms with Crippen LogP contribution in [0, 0.1) is 5.92 Å². The molecule has 0 aromatic heterocycles. The van der Waals surface area contributed by atoms with Gasteiger partial charge in [0, 0.05) is 12.5 Å². The van der Waals surface area contributed by atoms with Gasteiger partial charge < -0.3 is 15.1 Å². The van der Waals surface area contributed by atoms with Gasteiger partial charge in [0.25, 0.3) is 0 Å². The summed E-state index contributed by atoms with van der Waals surface area (Å²) in [6, 6.07) is 13.8. The fourth-order valence-electron chi connectivity index (χ4n) is 2.52. The Morgan fingerprint density at radius 1 is 1.09 bits per heavy atom. The second kappa shape index (κ2) is 8.56. The number of hydrogen-bond acceptors (Lipinski definition) is 4. The van der Waals surface area contributed by atoms with Crippen LogP contribution in [0.15, 0.2) is 48.5 Å². The molecule has 2 aromatic rings. The zero-order valence-corrected chi connectivity index (χ0v) is 14.1. The third kappa shape index (κ3) is 5.27. The zero-order chi connectivity index (χ0) is 16.1. The van der Waals surface area contributed by atoms with Crippen LogP contribution in [-0.2, 0) is 6.42 Å². The molecule has 0 aliphatic heterocycles. The molecule has 4 nitrogen and oxygen atoms in total. The van der Waals surface area contributed by atoms with Gasteiger partial charge >= 0.3 is 0 Å². The maximum atomic E-state index is 12.8. The van der Waals surface area contributed by atoms with Gasteiger partial charge in [0.15, 0.2) is 5.78 Å². The number of benzene rings is 2. The molecule has 5 heteroatoms. The number of aromatic hydroxyl groups is 2. The third-order valence-electron chi connectivity index (χ3n) is 3.53. The van der Waals surface area contributed by atoms with Gasteiger partial charge in [-0.25, -0.2) is 0 Å². The molecule has 0 aliphatic carbocycles. The van der Waals surface area contributed by atoms with Crippen molar-refractivity contribution < 1.29 is 15.0 Å². The lowest BCUT2D eigenvalue weighted by Crippen LogP contribution is -2.29. The number of phenolic OH excluding ortho intramolecular Hbond substituents is 2. The molecule has 0 bridgehead atoms. The largest absolute Gasteiger partial charge is 0.508 e. The summed E-state index contributed by atoms with van der Waals surface area (Å²) in [5, 5.41) is 19.5. The monoisotopic (exact) mass is 335 g/mol. The van der Waals surface area contributed by atoms with E-state index in [-0.39, 0.29) is 41.2 Å². The Hall–Kier alpha value is -2.04. The first-order valence-electron chi connectivity index (χ1n) is 7.22. The maximum absolute atomic E-state index is 12.8. The fraction of sp³-hybridized carbons (Fsp3) is 0.278. The number of carbonyl (C=O) groups is 1. The third-order valence-corrected chi connectivity index (χ3v) is 3.53.